The Bertz CT molecular complexity index is 1410. The average molecular weight is 565 g/mol. The highest BCUT2D eigenvalue weighted by Crippen LogP contribution is 2.49. The van der Waals surface area contributed by atoms with Crippen molar-refractivity contribution < 1.29 is 23.8 Å². The van der Waals surface area contributed by atoms with Crippen molar-refractivity contribution in [2.75, 3.05) is 37.6 Å². The Balaban J connectivity index is 1.71. The smallest absolute Gasteiger partial charge is 0.240 e. The van der Waals surface area contributed by atoms with Crippen LogP contribution in [0.15, 0.2) is 42.5 Å². The molecule has 5 rings (SSSR count). The van der Waals surface area contributed by atoms with E-state index in [-0.39, 0.29) is 41.6 Å². The number of hydrogen-bond donors (Lipinski definition) is 1. The number of carbonyl (C=O) groups is 2. The zero-order valence-corrected chi connectivity index (χ0v) is 24.6. The molecule has 1 atom stereocenters. The molecule has 2 aliphatic heterocycles. The van der Waals surface area contributed by atoms with Crippen LogP contribution in [0.2, 0.25) is 0 Å². The number of carbonyl (C=O) groups excluding carboxylic acids is 2. The molecule has 9 nitrogen and oxygen atoms in total. The molecule has 2 amide bonds. The van der Waals surface area contributed by atoms with Gasteiger partial charge in [-0.3, -0.25) is 14.5 Å². The first-order valence-corrected chi connectivity index (χ1v) is 14.5. The van der Waals surface area contributed by atoms with E-state index in [1.807, 2.05) is 56.3 Å². The van der Waals surface area contributed by atoms with Crippen LogP contribution in [-0.2, 0) is 15.0 Å². The van der Waals surface area contributed by atoms with Gasteiger partial charge < -0.3 is 19.5 Å². The van der Waals surface area contributed by atoms with Gasteiger partial charge in [-0.1, -0.05) is 40.7 Å². The average Bonchev–Trinajstić information content (AvgIpc) is 3.52. The second-order valence-electron chi connectivity index (χ2n) is 11.4. The molecule has 0 spiro atoms. The molecule has 0 saturated heterocycles. The van der Waals surface area contributed by atoms with Crippen molar-refractivity contribution in [1.82, 2.24) is 15.1 Å². The lowest BCUT2D eigenvalue weighted by atomic mass is 9.87. The van der Waals surface area contributed by atoms with Gasteiger partial charge in [-0.2, -0.15) is 5.10 Å². The summed E-state index contributed by atoms with van der Waals surface area (Å²) in [5.41, 5.74) is 3.17. The molecule has 1 N–H and O–H groups in total. The van der Waals surface area contributed by atoms with Crippen LogP contribution >= 0.6 is 11.8 Å². The minimum absolute atomic E-state index is 0.0988. The molecule has 0 fully saturated rings. The lowest BCUT2D eigenvalue weighted by Gasteiger charge is -2.24. The first kappa shape index (κ1) is 27.9. The van der Waals surface area contributed by atoms with Gasteiger partial charge >= 0.3 is 0 Å². The van der Waals surface area contributed by atoms with Gasteiger partial charge in [-0.05, 0) is 47.9 Å². The Morgan fingerprint density at radius 1 is 1.15 bits per heavy atom. The Morgan fingerprint density at radius 3 is 2.55 bits per heavy atom. The van der Waals surface area contributed by atoms with Crippen LogP contribution in [0.4, 0.5) is 5.82 Å². The number of ether oxygens (including phenoxy) is 3. The van der Waals surface area contributed by atoms with Crippen LogP contribution < -0.4 is 24.4 Å². The van der Waals surface area contributed by atoms with Gasteiger partial charge in [0.1, 0.15) is 18.1 Å². The second-order valence-corrected chi connectivity index (χ2v) is 12.5. The van der Waals surface area contributed by atoms with Crippen molar-refractivity contribution in [1.29, 1.82) is 0 Å². The number of methoxy groups -OCH3 is 1. The minimum atomic E-state index is -0.351. The van der Waals surface area contributed by atoms with E-state index in [9.17, 15) is 9.59 Å². The lowest BCUT2D eigenvalue weighted by molar-refractivity contribution is -0.123. The third-order valence-electron chi connectivity index (χ3n) is 6.83. The molecular weight excluding hydrogens is 528 g/mol. The zero-order valence-electron chi connectivity index (χ0n) is 23.8. The standard InChI is InChI=1S/C30H36N4O5S/c1-18(2)14-31-24(35)15-33-25(36)16-40-27(19-7-12-22-23(13-19)39-17-38-22)26-28(30(3,4)5)32-34(29(26)33)20-8-10-21(37-6)11-9-20/h7-13,18,27H,14-17H2,1-6H3,(H,31,35). The van der Waals surface area contributed by atoms with Gasteiger partial charge in [0, 0.05) is 17.5 Å². The minimum Gasteiger partial charge on any atom is -0.497 e. The van der Waals surface area contributed by atoms with Crippen LogP contribution in [0.5, 0.6) is 17.2 Å². The number of benzene rings is 2. The maximum absolute atomic E-state index is 13.8. The number of aromatic nitrogens is 2. The van der Waals surface area contributed by atoms with Crippen molar-refractivity contribution >= 4 is 29.4 Å². The number of amides is 2. The lowest BCUT2D eigenvalue weighted by Crippen LogP contribution is -2.43. The van der Waals surface area contributed by atoms with Gasteiger partial charge in [-0.25, -0.2) is 4.68 Å². The number of rotatable bonds is 7. The molecule has 0 aliphatic carbocycles. The van der Waals surface area contributed by atoms with Crippen molar-refractivity contribution in [3.05, 3.63) is 59.3 Å². The third-order valence-corrected chi connectivity index (χ3v) is 8.08. The van der Waals surface area contributed by atoms with Gasteiger partial charge in [0.25, 0.3) is 0 Å². The predicted octanol–water partition coefficient (Wildman–Crippen LogP) is 4.85. The van der Waals surface area contributed by atoms with E-state index in [1.54, 1.807) is 16.7 Å². The van der Waals surface area contributed by atoms with Gasteiger partial charge in [0.2, 0.25) is 18.6 Å². The fraction of sp³-hybridized carbons (Fsp3) is 0.433. The van der Waals surface area contributed by atoms with Gasteiger partial charge in [-0.15, -0.1) is 11.8 Å². The Labute approximate surface area is 239 Å². The van der Waals surface area contributed by atoms with E-state index in [4.69, 9.17) is 19.3 Å². The number of thioether (sulfide) groups is 1. The van der Waals surface area contributed by atoms with Crippen molar-refractivity contribution in [2.24, 2.45) is 5.92 Å². The van der Waals surface area contributed by atoms with E-state index in [0.29, 0.717) is 35.5 Å². The number of hydrogen-bond acceptors (Lipinski definition) is 7. The molecule has 212 valence electrons. The molecule has 40 heavy (non-hydrogen) atoms. The van der Waals surface area contributed by atoms with Crippen molar-refractivity contribution in [3.8, 4) is 22.9 Å². The van der Waals surface area contributed by atoms with E-state index >= 15 is 0 Å². The summed E-state index contributed by atoms with van der Waals surface area (Å²) in [6, 6.07) is 13.5. The number of nitrogens with one attached hydrogen (secondary N) is 1. The topological polar surface area (TPSA) is 94.9 Å². The second kappa shape index (κ2) is 11.1. The molecule has 1 aromatic heterocycles. The molecule has 0 saturated carbocycles. The fourth-order valence-electron chi connectivity index (χ4n) is 4.83. The first-order chi connectivity index (χ1) is 19.1. The predicted molar refractivity (Wildman–Crippen MR) is 156 cm³/mol. The van der Waals surface area contributed by atoms with Gasteiger partial charge in [0.05, 0.1) is 29.5 Å². The summed E-state index contributed by atoms with van der Waals surface area (Å²) in [5, 5.41) is 7.87. The summed E-state index contributed by atoms with van der Waals surface area (Å²) in [6.07, 6.45) is 0. The zero-order chi connectivity index (χ0) is 28.6. The highest BCUT2D eigenvalue weighted by atomic mass is 32.2. The SMILES string of the molecule is COc1ccc(-n2nc(C(C)(C)C)c3c2N(CC(=O)NCC(C)C)C(=O)CSC3c2ccc3c(c2)OCO3)cc1. The summed E-state index contributed by atoms with van der Waals surface area (Å²) >= 11 is 1.53. The highest BCUT2D eigenvalue weighted by molar-refractivity contribution is 8.00. The Hall–Kier alpha value is -3.66. The summed E-state index contributed by atoms with van der Waals surface area (Å²) in [6.45, 7) is 11.0. The maximum Gasteiger partial charge on any atom is 0.240 e. The van der Waals surface area contributed by atoms with E-state index < -0.39 is 0 Å². The van der Waals surface area contributed by atoms with Crippen LogP contribution in [-0.4, -0.2) is 54.3 Å². The van der Waals surface area contributed by atoms with Crippen LogP contribution in [0.25, 0.3) is 5.69 Å². The summed E-state index contributed by atoms with van der Waals surface area (Å²) in [5.74, 6) is 2.84. The molecule has 10 heteroatoms. The largest absolute Gasteiger partial charge is 0.497 e. The molecular formula is C30H36N4O5S. The van der Waals surface area contributed by atoms with Crippen LogP contribution in [0, 0.1) is 5.92 Å². The number of anilines is 1. The Morgan fingerprint density at radius 2 is 1.88 bits per heavy atom. The third kappa shape index (κ3) is 5.50. The van der Waals surface area contributed by atoms with E-state index in [2.05, 4.69) is 26.1 Å². The number of fused-ring (bicyclic) bond motifs is 2. The van der Waals surface area contributed by atoms with Crippen molar-refractivity contribution in [3.63, 3.8) is 0 Å². The highest BCUT2D eigenvalue weighted by Gasteiger charge is 2.40. The summed E-state index contributed by atoms with van der Waals surface area (Å²) < 4.78 is 18.4. The maximum atomic E-state index is 13.8. The molecule has 2 aromatic carbocycles. The van der Waals surface area contributed by atoms with Crippen molar-refractivity contribution in [2.45, 2.75) is 45.3 Å². The van der Waals surface area contributed by atoms with Crippen LogP contribution in [0.1, 0.15) is 56.7 Å². The molecule has 3 heterocycles. The molecule has 0 radical (unpaired) electrons. The molecule has 1 unspecified atom stereocenters. The Kier molecular flexibility index (Phi) is 7.72. The summed E-state index contributed by atoms with van der Waals surface area (Å²) in [7, 11) is 1.62. The van der Waals surface area contributed by atoms with Gasteiger partial charge in [0.15, 0.2) is 11.5 Å². The van der Waals surface area contributed by atoms with Crippen LogP contribution in [0.3, 0.4) is 0 Å². The monoisotopic (exact) mass is 564 g/mol. The fourth-order valence-corrected chi connectivity index (χ4v) is 6.02. The normalized spacial score (nSPS) is 16.6. The number of nitrogens with zero attached hydrogens (tertiary/aromatic N) is 3. The summed E-state index contributed by atoms with van der Waals surface area (Å²) in [4.78, 5) is 28.5. The molecule has 2 aliphatic rings. The quantitative estimate of drug-likeness (QED) is 0.439. The van der Waals surface area contributed by atoms with E-state index in [0.717, 1.165) is 22.5 Å². The molecule has 3 aromatic rings. The molecule has 0 bridgehead atoms. The first-order valence-electron chi connectivity index (χ1n) is 13.4. The van der Waals surface area contributed by atoms with E-state index in [1.165, 1.54) is 11.8 Å².